The number of rotatable bonds is 35. The van der Waals surface area contributed by atoms with Crippen molar-refractivity contribution in [2.75, 3.05) is 80.5 Å². The summed E-state index contributed by atoms with van der Waals surface area (Å²) in [6, 6.07) is 0. The lowest BCUT2D eigenvalue weighted by Crippen LogP contribution is -2.68. The number of carboxylic acids is 7. The van der Waals surface area contributed by atoms with E-state index in [4.69, 9.17) is 66.3 Å². The van der Waals surface area contributed by atoms with Crippen LogP contribution < -0.4 is 0 Å². The zero-order valence-corrected chi connectivity index (χ0v) is 65.1. The van der Waals surface area contributed by atoms with Gasteiger partial charge in [-0.1, -0.05) is 0 Å². The fourth-order valence-electron chi connectivity index (χ4n) is 12.8. The lowest BCUT2D eigenvalue weighted by atomic mass is 9.95. The van der Waals surface area contributed by atoms with Crippen molar-refractivity contribution in [3.05, 3.63) is 0 Å². The van der Waals surface area contributed by atoms with Gasteiger partial charge in [0.25, 0.3) is 0 Å². The highest BCUT2D eigenvalue weighted by Crippen LogP contribution is 2.42. The number of ether oxygens (including phenoxy) is 14. The number of aliphatic hydroxyl groups is 14. The summed E-state index contributed by atoms with van der Waals surface area (Å²) in [5, 5.41) is 236. The Morgan fingerprint density at radius 1 is 0.179 bits per heavy atom. The molecule has 0 aliphatic carbocycles. The monoisotopic (exact) mass is 1750 g/mol. The molecule has 0 unspecified atom stereocenters. The molecular formula is C63H98O42S7. The molecule has 0 aromatic rings. The van der Waals surface area contributed by atoms with Crippen molar-refractivity contribution < 1.29 is 207 Å². The van der Waals surface area contributed by atoms with Gasteiger partial charge in [0.1, 0.15) is 128 Å². The smallest absolute Gasteiger partial charge is 0.304 e. The van der Waals surface area contributed by atoms with Crippen molar-refractivity contribution in [1.29, 1.82) is 0 Å². The van der Waals surface area contributed by atoms with E-state index in [9.17, 15) is 141 Å². The van der Waals surface area contributed by atoms with Crippen molar-refractivity contribution in [2.45, 2.75) is 260 Å². The van der Waals surface area contributed by atoms with Gasteiger partial charge in [0.05, 0.1) is 87.7 Å². The zero-order valence-electron chi connectivity index (χ0n) is 59.4. The largest absolute Gasteiger partial charge is 0.481 e. The molecule has 49 heteroatoms. The summed E-state index contributed by atoms with van der Waals surface area (Å²) in [6.45, 7) is 0. The maximum atomic E-state index is 12.2. The summed E-state index contributed by atoms with van der Waals surface area (Å²) in [5.74, 6) is -11.9. The Bertz CT molecular complexity index is 2440. The Hall–Kier alpha value is -2.38. The molecule has 21 aliphatic rings. The summed E-state index contributed by atoms with van der Waals surface area (Å²) >= 11 is 6.34. The highest BCUT2D eigenvalue weighted by atomic mass is 32.2. The summed E-state index contributed by atoms with van der Waals surface area (Å²) in [5.41, 5.74) is 0. The number of carboxylic acid groups (broad SMARTS) is 7. The fraction of sp³-hybridized carbons (Fsp3) is 0.889. The molecule has 644 valence electrons. The van der Waals surface area contributed by atoms with Gasteiger partial charge in [-0.25, -0.2) is 0 Å². The Balaban J connectivity index is 1.21. The highest BCUT2D eigenvalue weighted by molar-refractivity contribution is 8.00. The van der Waals surface area contributed by atoms with E-state index < -0.39 is 302 Å². The molecule has 21 rings (SSSR count). The second-order valence-electron chi connectivity index (χ2n) is 26.9. The van der Waals surface area contributed by atoms with Gasteiger partial charge in [-0.05, 0) is 0 Å². The van der Waals surface area contributed by atoms with E-state index in [0.717, 1.165) is 82.3 Å². The van der Waals surface area contributed by atoms with Gasteiger partial charge in [-0.2, -0.15) is 82.3 Å². The van der Waals surface area contributed by atoms with E-state index >= 15 is 0 Å². The van der Waals surface area contributed by atoms with Gasteiger partial charge in [0.15, 0.2) is 44.0 Å². The Kier molecular flexibility index (Phi) is 38.9. The third-order valence-electron chi connectivity index (χ3n) is 18.7. The third kappa shape index (κ3) is 26.6. The maximum absolute atomic E-state index is 12.2. The lowest BCUT2D eigenvalue weighted by Gasteiger charge is -2.50. The van der Waals surface area contributed by atoms with Gasteiger partial charge in [-0.15, -0.1) is 0 Å². The van der Waals surface area contributed by atoms with E-state index in [-0.39, 0.29) is 80.5 Å². The second-order valence-corrected chi connectivity index (χ2v) is 35.0. The Labute approximate surface area is 668 Å². The van der Waals surface area contributed by atoms with Gasteiger partial charge >= 0.3 is 41.8 Å². The van der Waals surface area contributed by atoms with Gasteiger partial charge in [0, 0.05) is 80.5 Å². The molecule has 0 saturated carbocycles. The molecule has 42 nitrogen and oxygen atoms in total. The predicted molar refractivity (Wildman–Crippen MR) is 386 cm³/mol. The van der Waals surface area contributed by atoms with Crippen LogP contribution in [0, 0.1) is 0 Å². The fourth-order valence-corrected chi connectivity index (χ4v) is 19.7. The van der Waals surface area contributed by atoms with Crippen LogP contribution in [0.1, 0.15) is 44.9 Å². The minimum atomic E-state index is -2.28. The minimum Gasteiger partial charge on any atom is -0.481 e. The molecule has 21 aliphatic heterocycles. The van der Waals surface area contributed by atoms with Crippen LogP contribution in [0.3, 0.4) is 0 Å². The first-order valence-corrected chi connectivity index (χ1v) is 43.5. The molecule has 0 spiro atoms. The first-order chi connectivity index (χ1) is 53.1. The highest BCUT2D eigenvalue weighted by Gasteiger charge is 2.60. The standard InChI is InChI=1S/C63H98O42S7/c64-29(65)1-8-106-15-22-50-36(78)43(85)57(92-22)100-51-23(16-107-9-2-30(66)67)94-59(45(87)38(51)80)102-53-25(18-109-11-4-32(70)71)96-61(47(89)40(53)82)104-55-27(20-111-13-6-34(74)75)98-63(49(91)42(55)84)105-56-28(21-112-14-7-35(76)77)97-62(48(90)41(56)83)103-54-26(19-110-12-5-33(72)73)95-60(46(88)39(54)81)101-52-24(17-108-10-3-31(68)69)93-58(99-50)44(86)37(52)79/h22-28,36-63,78-91H,1-21H2,(H,64,65)(H,66,67)(H,68,69)(H,70,71)(H,72,73)(H,74,75)(H,76,77)/t22-,23-,24-,25-,26+,27+,28+,36+,37+,38-,39-,40-,41-,42-,43+,44-,45-,46-,47-,48-,49-,50-,51-,52-,53-,54-,55-,56-,57-,58-,59-,60-,61-,62-,63-/m0/s1. The molecule has 112 heavy (non-hydrogen) atoms. The van der Waals surface area contributed by atoms with Gasteiger partial charge in [-0.3, -0.25) is 33.6 Å². The van der Waals surface area contributed by atoms with Crippen LogP contribution >= 0.6 is 82.3 Å². The van der Waals surface area contributed by atoms with Crippen molar-refractivity contribution >= 4 is 124 Å². The SMILES string of the molecule is O=C(O)CCSC[C@@H]1O[C@H]2O[C@@H]3[C@H](O)[C@@H](O)[C@H](O[C@@H]4[C@@H](O)[C@H](O)[C@H](O[C@@H]5[C@@H](O)[C@H](O)[C@H](O[C@@H]6[C@@H](O)[C@H](O)[C@H](O[C@@H]7[C@@H](O)[C@H](O)[C@H](O[C@@H]8[C@@H](O)[C@H](O)[C@H](O[C@@H]1[C@H](O)[C@@H]2O)O[C@@H]8CSCCC(=O)O)O[C@@H]7CSCCC(=O)O)O[C@@H]6CSCCC(=O)O)O[C@H]5CSCCC(=O)O)O[C@H]4CSCCC(=O)O)O[C@H]3CSCCC(=O)O. The molecule has 21 saturated heterocycles. The maximum Gasteiger partial charge on any atom is 0.304 e. The van der Waals surface area contributed by atoms with Gasteiger partial charge in [0.2, 0.25) is 0 Å². The van der Waals surface area contributed by atoms with Crippen LogP contribution in [0.5, 0.6) is 0 Å². The van der Waals surface area contributed by atoms with E-state index in [0.29, 0.717) is 0 Å². The average Bonchev–Trinajstić information content (AvgIpc) is 0.778. The predicted octanol–water partition coefficient (Wildman–Crippen LogP) is -6.72. The molecule has 14 bridgehead atoms. The van der Waals surface area contributed by atoms with Crippen LogP contribution in [0.4, 0.5) is 0 Å². The number of carbonyl (C=O) groups is 7. The normalized spacial score (nSPS) is 41.5. The minimum absolute atomic E-state index is 0.126. The zero-order chi connectivity index (χ0) is 81.9. The molecule has 21 N–H and O–H groups in total. The van der Waals surface area contributed by atoms with Crippen molar-refractivity contribution in [3.8, 4) is 0 Å². The van der Waals surface area contributed by atoms with Crippen LogP contribution in [0.25, 0.3) is 0 Å². The van der Waals surface area contributed by atoms with Crippen molar-refractivity contribution in [2.24, 2.45) is 0 Å². The third-order valence-corrected chi connectivity index (χ3v) is 26.1. The topological polar surface area (TPSA) is 674 Å². The second kappa shape index (κ2) is 45.9. The molecule has 0 radical (unpaired) electrons. The van der Waals surface area contributed by atoms with Crippen LogP contribution in [0.2, 0.25) is 0 Å². The molecule has 0 aromatic carbocycles. The van der Waals surface area contributed by atoms with Gasteiger partial charge < -0.3 is 174 Å². The van der Waals surface area contributed by atoms with Crippen LogP contribution in [-0.2, 0) is 99.9 Å². The lowest BCUT2D eigenvalue weighted by molar-refractivity contribution is -0.389. The quantitative estimate of drug-likeness (QED) is 0.0262. The summed E-state index contributed by atoms with van der Waals surface area (Å²) in [4.78, 5) is 81.9. The average molecular weight is 1750 g/mol. The van der Waals surface area contributed by atoms with Crippen molar-refractivity contribution in [1.82, 2.24) is 0 Å². The first-order valence-electron chi connectivity index (χ1n) is 35.4. The van der Waals surface area contributed by atoms with E-state index in [1.807, 2.05) is 0 Å². The number of hydrogen-bond acceptors (Lipinski definition) is 42. The molecule has 21 heterocycles. The Morgan fingerprint density at radius 3 is 0.384 bits per heavy atom. The molecular weight excluding hydrogens is 1650 g/mol. The summed E-state index contributed by atoms with van der Waals surface area (Å²) in [6.07, 6.45) is -73.2. The van der Waals surface area contributed by atoms with E-state index in [1.54, 1.807) is 0 Å². The number of thioether (sulfide) groups is 7. The summed E-state index contributed by atoms with van der Waals surface area (Å²) < 4.78 is 87.3. The molecule has 35 atom stereocenters. The summed E-state index contributed by atoms with van der Waals surface area (Å²) in [7, 11) is 0. The number of aliphatic hydroxyl groups excluding tert-OH is 14. The molecule has 0 amide bonds. The number of aliphatic carboxylic acids is 7. The van der Waals surface area contributed by atoms with Crippen molar-refractivity contribution in [3.63, 3.8) is 0 Å². The van der Waals surface area contributed by atoms with E-state index in [2.05, 4.69) is 0 Å². The van der Waals surface area contributed by atoms with Crippen LogP contribution in [0.15, 0.2) is 0 Å². The Morgan fingerprint density at radius 2 is 0.286 bits per heavy atom. The van der Waals surface area contributed by atoms with E-state index in [1.165, 1.54) is 0 Å². The van der Waals surface area contributed by atoms with Crippen LogP contribution in [-0.4, -0.2) is 445 Å². The molecule has 21 fully saturated rings. The molecule has 0 aromatic heterocycles. The first kappa shape index (κ1) is 95.1. The number of hydrogen-bond donors (Lipinski definition) is 21.